The zero-order valence-electron chi connectivity index (χ0n) is 12.4. The van der Waals surface area contributed by atoms with E-state index in [4.69, 9.17) is 9.47 Å². The molecule has 1 atom stereocenters. The smallest absolute Gasteiger partial charge is 0.165 e. The van der Waals surface area contributed by atoms with Crippen LogP contribution in [0.3, 0.4) is 0 Å². The van der Waals surface area contributed by atoms with Crippen molar-refractivity contribution in [3.8, 4) is 11.5 Å². The summed E-state index contributed by atoms with van der Waals surface area (Å²) >= 11 is 1.95. The van der Waals surface area contributed by atoms with E-state index in [1.807, 2.05) is 30.8 Å². The highest BCUT2D eigenvalue weighted by Gasteiger charge is 2.10. The molecule has 0 fully saturated rings. The van der Waals surface area contributed by atoms with Gasteiger partial charge in [0.05, 0.1) is 13.7 Å². The van der Waals surface area contributed by atoms with Gasteiger partial charge < -0.3 is 14.8 Å². The standard InChI is InChI=1S/C15H25NO2S/c1-5-18-14-9-7-8-13(15(14)17-4)10-16-12(3)11-19-6-2/h7-9,12,16H,5-6,10-11H2,1-4H3. The molecule has 0 spiro atoms. The maximum atomic E-state index is 5.58. The van der Waals surface area contributed by atoms with Gasteiger partial charge in [0.1, 0.15) is 0 Å². The van der Waals surface area contributed by atoms with E-state index in [1.165, 1.54) is 0 Å². The van der Waals surface area contributed by atoms with Crippen LogP contribution in [0.2, 0.25) is 0 Å². The lowest BCUT2D eigenvalue weighted by Gasteiger charge is -2.17. The summed E-state index contributed by atoms with van der Waals surface area (Å²) < 4.78 is 11.1. The van der Waals surface area contributed by atoms with Crippen LogP contribution in [-0.4, -0.2) is 31.3 Å². The quantitative estimate of drug-likeness (QED) is 0.753. The number of para-hydroxylation sites is 1. The summed E-state index contributed by atoms with van der Waals surface area (Å²) in [6, 6.07) is 6.53. The van der Waals surface area contributed by atoms with Gasteiger partial charge in [0.25, 0.3) is 0 Å². The number of rotatable bonds is 9. The molecule has 0 saturated carbocycles. The molecule has 1 rings (SSSR count). The first-order valence-corrected chi connectivity index (χ1v) is 7.98. The number of hydrogen-bond acceptors (Lipinski definition) is 4. The Bertz CT molecular complexity index is 371. The molecular weight excluding hydrogens is 258 g/mol. The van der Waals surface area contributed by atoms with Gasteiger partial charge >= 0.3 is 0 Å². The zero-order chi connectivity index (χ0) is 14.1. The molecule has 0 radical (unpaired) electrons. The fraction of sp³-hybridized carbons (Fsp3) is 0.600. The Hall–Kier alpha value is -0.870. The maximum absolute atomic E-state index is 5.58. The second kappa shape index (κ2) is 9.10. The molecule has 108 valence electrons. The van der Waals surface area contributed by atoms with Crippen LogP contribution in [0.1, 0.15) is 26.3 Å². The highest BCUT2D eigenvalue weighted by Crippen LogP contribution is 2.30. The van der Waals surface area contributed by atoms with Crippen LogP contribution in [0.4, 0.5) is 0 Å². The summed E-state index contributed by atoms with van der Waals surface area (Å²) in [7, 11) is 1.69. The zero-order valence-corrected chi connectivity index (χ0v) is 13.2. The molecule has 1 unspecified atom stereocenters. The van der Waals surface area contributed by atoms with Gasteiger partial charge in [-0.25, -0.2) is 0 Å². The fourth-order valence-corrected chi connectivity index (χ4v) is 2.55. The Balaban J connectivity index is 2.64. The van der Waals surface area contributed by atoms with Gasteiger partial charge in [-0.2, -0.15) is 11.8 Å². The van der Waals surface area contributed by atoms with Gasteiger partial charge in [-0.15, -0.1) is 0 Å². The molecule has 0 amide bonds. The maximum Gasteiger partial charge on any atom is 0.165 e. The molecule has 0 heterocycles. The van der Waals surface area contributed by atoms with Gasteiger partial charge in [-0.05, 0) is 25.7 Å². The molecule has 0 saturated heterocycles. The first-order valence-electron chi connectivity index (χ1n) is 6.82. The molecule has 0 aliphatic rings. The van der Waals surface area contributed by atoms with E-state index >= 15 is 0 Å². The van der Waals surface area contributed by atoms with Crippen LogP contribution < -0.4 is 14.8 Å². The fourth-order valence-electron chi connectivity index (χ4n) is 1.84. The third kappa shape index (κ3) is 5.33. The lowest BCUT2D eigenvalue weighted by Crippen LogP contribution is -2.27. The second-order valence-electron chi connectivity index (χ2n) is 4.32. The molecule has 1 aromatic rings. The Labute approximate surface area is 121 Å². The third-order valence-electron chi connectivity index (χ3n) is 2.78. The van der Waals surface area contributed by atoms with E-state index in [0.717, 1.165) is 35.1 Å². The molecule has 19 heavy (non-hydrogen) atoms. The van der Waals surface area contributed by atoms with Crippen molar-refractivity contribution >= 4 is 11.8 Å². The van der Waals surface area contributed by atoms with Crippen LogP contribution in [0.5, 0.6) is 11.5 Å². The second-order valence-corrected chi connectivity index (χ2v) is 5.64. The van der Waals surface area contributed by atoms with Gasteiger partial charge in [0.2, 0.25) is 0 Å². The molecular formula is C15H25NO2S. The van der Waals surface area contributed by atoms with Gasteiger partial charge in [0.15, 0.2) is 11.5 Å². The Morgan fingerprint density at radius 1 is 1.32 bits per heavy atom. The van der Waals surface area contributed by atoms with Crippen molar-refractivity contribution in [2.75, 3.05) is 25.2 Å². The van der Waals surface area contributed by atoms with Crippen LogP contribution in [0.25, 0.3) is 0 Å². The van der Waals surface area contributed by atoms with E-state index in [-0.39, 0.29) is 0 Å². The molecule has 0 aliphatic heterocycles. The lowest BCUT2D eigenvalue weighted by atomic mass is 10.1. The molecule has 1 N–H and O–H groups in total. The Kier molecular flexibility index (Phi) is 7.75. The van der Waals surface area contributed by atoms with E-state index < -0.39 is 0 Å². The van der Waals surface area contributed by atoms with Crippen LogP contribution in [0, 0.1) is 0 Å². The number of hydrogen-bond donors (Lipinski definition) is 1. The monoisotopic (exact) mass is 283 g/mol. The van der Waals surface area contributed by atoms with Crippen LogP contribution in [0.15, 0.2) is 18.2 Å². The van der Waals surface area contributed by atoms with E-state index in [0.29, 0.717) is 12.6 Å². The largest absolute Gasteiger partial charge is 0.493 e. The van der Waals surface area contributed by atoms with Crippen molar-refractivity contribution in [2.45, 2.75) is 33.4 Å². The third-order valence-corrected chi connectivity index (χ3v) is 3.92. The number of nitrogens with one attached hydrogen (secondary N) is 1. The number of ether oxygens (including phenoxy) is 2. The van der Waals surface area contributed by atoms with E-state index in [9.17, 15) is 0 Å². The highest BCUT2D eigenvalue weighted by atomic mass is 32.2. The minimum absolute atomic E-state index is 0.491. The number of methoxy groups -OCH3 is 1. The SMILES string of the molecule is CCOc1cccc(CNC(C)CSCC)c1OC. The minimum Gasteiger partial charge on any atom is -0.493 e. The van der Waals surface area contributed by atoms with Crippen LogP contribution in [-0.2, 0) is 6.54 Å². The molecule has 0 aromatic heterocycles. The van der Waals surface area contributed by atoms with Crippen molar-refractivity contribution < 1.29 is 9.47 Å². The van der Waals surface area contributed by atoms with Crippen molar-refractivity contribution in [1.82, 2.24) is 5.32 Å². The number of thioether (sulfide) groups is 1. The summed E-state index contributed by atoms with van der Waals surface area (Å²) in [6.45, 7) is 7.83. The van der Waals surface area contributed by atoms with Gasteiger partial charge in [0, 0.05) is 23.9 Å². The molecule has 1 aromatic carbocycles. The Morgan fingerprint density at radius 3 is 2.74 bits per heavy atom. The van der Waals surface area contributed by atoms with E-state index in [1.54, 1.807) is 7.11 Å². The molecule has 0 bridgehead atoms. The predicted octanol–water partition coefficient (Wildman–Crippen LogP) is 3.33. The number of benzene rings is 1. The predicted molar refractivity (Wildman–Crippen MR) is 83.5 cm³/mol. The Morgan fingerprint density at radius 2 is 2.11 bits per heavy atom. The topological polar surface area (TPSA) is 30.5 Å². The van der Waals surface area contributed by atoms with Crippen molar-refractivity contribution in [3.63, 3.8) is 0 Å². The summed E-state index contributed by atoms with van der Waals surface area (Å²) in [6.07, 6.45) is 0. The molecule has 4 heteroatoms. The average Bonchev–Trinajstić information content (AvgIpc) is 2.43. The first-order chi connectivity index (χ1) is 9.22. The van der Waals surface area contributed by atoms with Crippen LogP contribution >= 0.6 is 11.8 Å². The normalized spacial score (nSPS) is 12.2. The summed E-state index contributed by atoms with van der Waals surface area (Å²) in [5, 5.41) is 3.52. The molecule has 0 aliphatic carbocycles. The molecule has 3 nitrogen and oxygen atoms in total. The highest BCUT2D eigenvalue weighted by molar-refractivity contribution is 7.99. The van der Waals surface area contributed by atoms with Crippen molar-refractivity contribution in [1.29, 1.82) is 0 Å². The van der Waals surface area contributed by atoms with E-state index in [2.05, 4.69) is 25.2 Å². The average molecular weight is 283 g/mol. The summed E-state index contributed by atoms with van der Waals surface area (Å²) in [5.41, 5.74) is 1.14. The van der Waals surface area contributed by atoms with Crippen molar-refractivity contribution in [3.05, 3.63) is 23.8 Å². The van der Waals surface area contributed by atoms with Crippen molar-refractivity contribution in [2.24, 2.45) is 0 Å². The minimum atomic E-state index is 0.491. The lowest BCUT2D eigenvalue weighted by molar-refractivity contribution is 0.308. The first kappa shape index (κ1) is 16.2. The summed E-state index contributed by atoms with van der Waals surface area (Å²) in [5.74, 6) is 3.95. The van der Waals surface area contributed by atoms with Gasteiger partial charge in [-0.1, -0.05) is 19.1 Å². The summed E-state index contributed by atoms with van der Waals surface area (Å²) in [4.78, 5) is 0. The van der Waals surface area contributed by atoms with Gasteiger partial charge in [-0.3, -0.25) is 0 Å².